The Balaban J connectivity index is 4.28. The number of unbranched alkanes of at least 4 members (excludes halogenated alkanes) is 47. The highest BCUT2D eigenvalue weighted by molar-refractivity contribution is 5.71. The summed E-state index contributed by atoms with van der Waals surface area (Å²) in [5.74, 6) is -0.835. The summed E-state index contributed by atoms with van der Waals surface area (Å²) in [5, 5.41) is 0. The second-order valence-electron chi connectivity index (χ2n) is 22.0. The van der Waals surface area contributed by atoms with Crippen LogP contribution in [0.4, 0.5) is 0 Å². The SMILES string of the molecule is CCCCCCCCCC/C=C\CCCCCCCCCCCC(=O)OCC(COC(=O)CCCCCCCCCCCCCCCC)OC(=O)CCCCCCCCCCCCCCCCCCCC. The molecule has 0 amide bonds. The molecule has 0 aromatic carbocycles. The number of rotatable bonds is 60. The number of hydrogen-bond acceptors (Lipinski definition) is 6. The van der Waals surface area contributed by atoms with Gasteiger partial charge in [0, 0.05) is 19.3 Å². The van der Waals surface area contributed by atoms with Gasteiger partial charge in [0.2, 0.25) is 0 Å². The summed E-state index contributed by atoms with van der Waals surface area (Å²) < 4.78 is 17.0. The molecule has 0 aliphatic heterocycles. The number of carbonyl (C=O) groups is 3. The predicted octanol–water partition coefficient (Wildman–Crippen LogP) is 21.7. The molecule has 0 bridgehead atoms. The van der Waals surface area contributed by atoms with E-state index in [4.69, 9.17) is 14.2 Å². The van der Waals surface area contributed by atoms with Crippen LogP contribution in [0, 0.1) is 0 Å². The first-order chi connectivity index (χ1) is 35.0. The molecular weight excluding hydrogens is 877 g/mol. The number of esters is 3. The van der Waals surface area contributed by atoms with Crippen molar-refractivity contribution in [2.24, 2.45) is 0 Å². The van der Waals surface area contributed by atoms with Crippen molar-refractivity contribution in [3.05, 3.63) is 12.2 Å². The summed E-state index contributed by atoms with van der Waals surface area (Å²) in [7, 11) is 0. The summed E-state index contributed by atoms with van der Waals surface area (Å²) in [6, 6.07) is 0. The van der Waals surface area contributed by atoms with Crippen LogP contribution in [0.25, 0.3) is 0 Å². The average Bonchev–Trinajstić information content (AvgIpc) is 3.37. The maximum atomic E-state index is 12.9. The van der Waals surface area contributed by atoms with Gasteiger partial charge in [-0.05, 0) is 44.9 Å². The van der Waals surface area contributed by atoms with Gasteiger partial charge >= 0.3 is 17.9 Å². The maximum absolute atomic E-state index is 12.9. The second-order valence-corrected chi connectivity index (χ2v) is 22.0. The topological polar surface area (TPSA) is 78.9 Å². The molecule has 0 saturated heterocycles. The highest BCUT2D eigenvalue weighted by Crippen LogP contribution is 2.18. The largest absolute Gasteiger partial charge is 0.462 e. The van der Waals surface area contributed by atoms with Crippen LogP contribution in [-0.4, -0.2) is 37.2 Å². The van der Waals surface area contributed by atoms with Gasteiger partial charge in [-0.25, -0.2) is 0 Å². The summed E-state index contributed by atoms with van der Waals surface area (Å²) >= 11 is 0. The smallest absolute Gasteiger partial charge is 0.306 e. The number of hydrogen-bond donors (Lipinski definition) is 0. The molecule has 0 rings (SSSR count). The van der Waals surface area contributed by atoms with E-state index in [0.717, 1.165) is 57.8 Å². The zero-order valence-corrected chi connectivity index (χ0v) is 48.3. The van der Waals surface area contributed by atoms with E-state index in [2.05, 4.69) is 32.9 Å². The monoisotopic (exact) mass is 1000 g/mol. The van der Waals surface area contributed by atoms with Gasteiger partial charge in [0.05, 0.1) is 0 Å². The van der Waals surface area contributed by atoms with E-state index >= 15 is 0 Å². The first-order valence-corrected chi connectivity index (χ1v) is 32.2. The van der Waals surface area contributed by atoms with E-state index in [-0.39, 0.29) is 31.1 Å². The maximum Gasteiger partial charge on any atom is 0.306 e. The van der Waals surface area contributed by atoms with Gasteiger partial charge in [-0.1, -0.05) is 315 Å². The van der Waals surface area contributed by atoms with Crippen LogP contribution in [-0.2, 0) is 28.6 Å². The quantitative estimate of drug-likeness (QED) is 0.0261. The zero-order valence-electron chi connectivity index (χ0n) is 48.3. The van der Waals surface area contributed by atoms with Crippen LogP contribution in [0.15, 0.2) is 12.2 Å². The third kappa shape index (κ3) is 58.9. The molecule has 71 heavy (non-hydrogen) atoms. The molecule has 420 valence electrons. The highest BCUT2D eigenvalue weighted by atomic mass is 16.6. The molecule has 0 heterocycles. The van der Waals surface area contributed by atoms with Gasteiger partial charge < -0.3 is 14.2 Å². The predicted molar refractivity (Wildman–Crippen MR) is 307 cm³/mol. The third-order valence-corrected chi connectivity index (χ3v) is 14.8. The summed E-state index contributed by atoms with van der Waals surface area (Å²) in [6.07, 6.45) is 70.7. The van der Waals surface area contributed by atoms with E-state index in [1.165, 1.54) is 270 Å². The van der Waals surface area contributed by atoms with Crippen molar-refractivity contribution < 1.29 is 28.6 Å². The van der Waals surface area contributed by atoms with Gasteiger partial charge in [0.1, 0.15) is 13.2 Å². The lowest BCUT2D eigenvalue weighted by Crippen LogP contribution is -2.30. The number of allylic oxidation sites excluding steroid dienone is 2. The van der Waals surface area contributed by atoms with Crippen molar-refractivity contribution >= 4 is 17.9 Å². The van der Waals surface area contributed by atoms with Crippen LogP contribution in [0.2, 0.25) is 0 Å². The number of ether oxygens (including phenoxy) is 3. The van der Waals surface area contributed by atoms with E-state index in [0.29, 0.717) is 19.3 Å². The fraction of sp³-hybridized carbons (Fsp3) is 0.923. The Morgan fingerprint density at radius 1 is 0.268 bits per heavy atom. The Morgan fingerprint density at radius 2 is 0.465 bits per heavy atom. The van der Waals surface area contributed by atoms with Gasteiger partial charge in [0.25, 0.3) is 0 Å². The molecule has 6 nitrogen and oxygen atoms in total. The van der Waals surface area contributed by atoms with Crippen molar-refractivity contribution in [2.75, 3.05) is 13.2 Å². The van der Waals surface area contributed by atoms with Crippen LogP contribution in [0.3, 0.4) is 0 Å². The molecule has 0 fully saturated rings. The third-order valence-electron chi connectivity index (χ3n) is 14.8. The average molecular weight is 1000 g/mol. The van der Waals surface area contributed by atoms with E-state index in [1.54, 1.807) is 0 Å². The molecule has 1 atom stereocenters. The van der Waals surface area contributed by atoms with E-state index in [1.807, 2.05) is 0 Å². The standard InChI is InChI=1S/C65H124O6/c1-4-7-10-13-16-19-22-25-28-30-32-33-34-36-37-40-43-46-49-52-55-58-64(67)70-61-62(60-69-63(66)57-54-51-48-45-42-39-27-24-21-18-15-12-9-6-3)71-65(68)59-56-53-50-47-44-41-38-35-31-29-26-23-20-17-14-11-8-5-2/h30,32,62H,4-29,31,33-61H2,1-3H3/b32-30-. The Bertz CT molecular complexity index is 1100. The van der Waals surface area contributed by atoms with Gasteiger partial charge in [-0.2, -0.15) is 0 Å². The summed E-state index contributed by atoms with van der Waals surface area (Å²) in [5.41, 5.74) is 0. The van der Waals surface area contributed by atoms with E-state index < -0.39 is 6.10 Å². The summed E-state index contributed by atoms with van der Waals surface area (Å²) in [4.78, 5) is 38.3. The summed E-state index contributed by atoms with van der Waals surface area (Å²) in [6.45, 7) is 6.72. The van der Waals surface area contributed by atoms with Gasteiger partial charge in [-0.3, -0.25) is 14.4 Å². The first kappa shape index (κ1) is 69.2. The lowest BCUT2D eigenvalue weighted by Gasteiger charge is -2.18. The highest BCUT2D eigenvalue weighted by Gasteiger charge is 2.19. The molecule has 0 aliphatic rings. The molecule has 0 N–H and O–H groups in total. The minimum absolute atomic E-state index is 0.0638. The fourth-order valence-corrected chi connectivity index (χ4v) is 9.91. The Hall–Kier alpha value is -1.85. The fourth-order valence-electron chi connectivity index (χ4n) is 9.91. The molecule has 0 aliphatic carbocycles. The van der Waals surface area contributed by atoms with Crippen molar-refractivity contribution in [1.82, 2.24) is 0 Å². The normalized spacial score (nSPS) is 12.0. The zero-order chi connectivity index (χ0) is 51.4. The molecule has 0 aromatic heterocycles. The lowest BCUT2D eigenvalue weighted by molar-refractivity contribution is -0.167. The minimum atomic E-state index is -0.766. The van der Waals surface area contributed by atoms with Crippen LogP contribution >= 0.6 is 0 Å². The Labute approximate surface area is 443 Å². The van der Waals surface area contributed by atoms with Crippen molar-refractivity contribution in [3.8, 4) is 0 Å². The Kier molecular flexibility index (Phi) is 59.1. The molecule has 0 radical (unpaired) electrons. The molecular formula is C65H124O6. The van der Waals surface area contributed by atoms with Gasteiger partial charge in [0.15, 0.2) is 6.10 Å². The second kappa shape index (κ2) is 60.7. The Morgan fingerprint density at radius 3 is 0.704 bits per heavy atom. The van der Waals surface area contributed by atoms with Crippen molar-refractivity contribution in [3.63, 3.8) is 0 Å². The lowest BCUT2D eigenvalue weighted by atomic mass is 10.0. The van der Waals surface area contributed by atoms with Crippen molar-refractivity contribution in [2.45, 2.75) is 374 Å². The van der Waals surface area contributed by atoms with Gasteiger partial charge in [-0.15, -0.1) is 0 Å². The van der Waals surface area contributed by atoms with Crippen LogP contribution in [0.5, 0.6) is 0 Å². The first-order valence-electron chi connectivity index (χ1n) is 32.2. The van der Waals surface area contributed by atoms with Crippen LogP contribution < -0.4 is 0 Å². The molecule has 0 spiro atoms. The van der Waals surface area contributed by atoms with Crippen molar-refractivity contribution in [1.29, 1.82) is 0 Å². The number of carbonyl (C=O) groups excluding carboxylic acids is 3. The van der Waals surface area contributed by atoms with E-state index in [9.17, 15) is 14.4 Å². The molecule has 0 saturated carbocycles. The molecule has 1 unspecified atom stereocenters. The minimum Gasteiger partial charge on any atom is -0.462 e. The van der Waals surface area contributed by atoms with Crippen LogP contribution in [0.1, 0.15) is 367 Å². The molecule has 0 aromatic rings. The molecule has 6 heteroatoms.